The van der Waals surface area contributed by atoms with Crippen LogP contribution in [-0.4, -0.2) is 33.0 Å². The number of carbonyl (C=O) groups is 2. The van der Waals surface area contributed by atoms with E-state index in [2.05, 4.69) is 5.10 Å². The van der Waals surface area contributed by atoms with E-state index < -0.39 is 5.91 Å². The maximum Gasteiger partial charge on any atom is 0.264 e. The van der Waals surface area contributed by atoms with Crippen LogP contribution in [0, 0.1) is 12.7 Å². The van der Waals surface area contributed by atoms with Crippen LogP contribution in [0.1, 0.15) is 27.3 Å². The van der Waals surface area contributed by atoms with Crippen LogP contribution in [-0.2, 0) is 11.3 Å². The number of benzene rings is 2. The minimum atomic E-state index is -0.454. The van der Waals surface area contributed by atoms with Gasteiger partial charge in [-0.15, -0.1) is 11.3 Å². The summed E-state index contributed by atoms with van der Waals surface area (Å²) in [5, 5.41) is 5.41. The van der Waals surface area contributed by atoms with Crippen molar-refractivity contribution in [3.63, 3.8) is 0 Å². The third-order valence-corrected chi connectivity index (χ3v) is 6.06. The molecule has 0 fully saturated rings. The van der Waals surface area contributed by atoms with Gasteiger partial charge in [0.2, 0.25) is 5.91 Å². The molecule has 0 atom stereocenters. The van der Waals surface area contributed by atoms with Crippen LogP contribution in [0.25, 0.3) is 15.9 Å². The molecule has 2 amide bonds. The zero-order valence-corrected chi connectivity index (χ0v) is 17.7. The third-order valence-electron chi connectivity index (χ3n) is 4.96. The van der Waals surface area contributed by atoms with Gasteiger partial charge in [-0.2, -0.15) is 5.10 Å². The van der Waals surface area contributed by atoms with Gasteiger partial charge < -0.3 is 10.6 Å². The van der Waals surface area contributed by atoms with E-state index in [1.54, 1.807) is 21.7 Å². The largest absolute Gasteiger partial charge is 0.370 e. The Hall–Kier alpha value is -3.52. The molecule has 4 rings (SSSR count). The molecule has 0 aliphatic heterocycles. The van der Waals surface area contributed by atoms with Crippen LogP contribution in [0.5, 0.6) is 0 Å². The minimum absolute atomic E-state index is 0.0891. The number of hydrogen-bond donors (Lipinski definition) is 1. The molecule has 0 aliphatic rings. The molecule has 2 heterocycles. The van der Waals surface area contributed by atoms with Crippen LogP contribution in [0.4, 0.5) is 4.39 Å². The van der Waals surface area contributed by atoms with Crippen LogP contribution < -0.4 is 5.73 Å². The van der Waals surface area contributed by atoms with Gasteiger partial charge in [-0.1, -0.05) is 30.3 Å². The molecule has 0 aliphatic carbocycles. The fraction of sp³-hybridized carbons (Fsp3) is 0.174. The Kier molecular flexibility index (Phi) is 5.81. The number of amides is 2. The summed E-state index contributed by atoms with van der Waals surface area (Å²) in [5.74, 6) is -0.946. The standard InChI is InChI=1S/C23H21FN4O2S/c1-15-19-13-20(31-23(19)28(26-15)18-9-7-17(24)8-10-18)22(30)27(12-11-21(25)29)14-16-5-3-2-4-6-16/h2-10,13H,11-12,14H2,1H3,(H2,25,29). The van der Waals surface area contributed by atoms with E-state index in [-0.39, 0.29) is 24.7 Å². The van der Waals surface area contributed by atoms with E-state index in [1.807, 2.05) is 43.3 Å². The summed E-state index contributed by atoms with van der Waals surface area (Å²) in [7, 11) is 0. The maximum atomic E-state index is 13.3. The Labute approximate surface area is 182 Å². The molecule has 0 radical (unpaired) electrons. The van der Waals surface area contributed by atoms with E-state index in [9.17, 15) is 14.0 Å². The lowest BCUT2D eigenvalue weighted by atomic mass is 10.2. The minimum Gasteiger partial charge on any atom is -0.370 e. The number of nitrogens with two attached hydrogens (primary N) is 1. The summed E-state index contributed by atoms with van der Waals surface area (Å²) in [5.41, 5.74) is 7.78. The Bertz CT molecular complexity index is 1230. The van der Waals surface area contributed by atoms with Crippen LogP contribution in [0.2, 0.25) is 0 Å². The lowest BCUT2D eigenvalue weighted by molar-refractivity contribution is -0.118. The molecule has 2 N–H and O–H groups in total. The number of carbonyl (C=O) groups excluding carboxylic acids is 2. The van der Waals surface area contributed by atoms with Gasteiger partial charge in [-0.3, -0.25) is 9.59 Å². The molecular formula is C23H21FN4O2S. The normalized spacial score (nSPS) is 11.0. The third kappa shape index (κ3) is 4.49. The fourth-order valence-corrected chi connectivity index (χ4v) is 4.52. The molecule has 158 valence electrons. The molecule has 8 heteroatoms. The van der Waals surface area contributed by atoms with Crippen molar-refractivity contribution in [2.75, 3.05) is 6.54 Å². The van der Waals surface area contributed by atoms with E-state index in [0.717, 1.165) is 27.2 Å². The summed E-state index contributed by atoms with van der Waals surface area (Å²) < 4.78 is 15.0. The zero-order valence-electron chi connectivity index (χ0n) is 16.9. The second kappa shape index (κ2) is 8.69. The predicted octanol–water partition coefficient (Wildman–Crippen LogP) is 4.05. The van der Waals surface area contributed by atoms with Crippen molar-refractivity contribution in [1.29, 1.82) is 0 Å². The smallest absolute Gasteiger partial charge is 0.264 e. The molecule has 0 saturated carbocycles. The van der Waals surface area contributed by atoms with Crippen LogP contribution in [0.3, 0.4) is 0 Å². The molecule has 6 nitrogen and oxygen atoms in total. The van der Waals surface area contributed by atoms with Gasteiger partial charge in [0.05, 0.1) is 16.3 Å². The van der Waals surface area contributed by atoms with Crippen molar-refractivity contribution in [2.45, 2.75) is 19.9 Å². The van der Waals surface area contributed by atoms with Crippen molar-refractivity contribution in [3.8, 4) is 5.69 Å². The van der Waals surface area contributed by atoms with Crippen molar-refractivity contribution in [2.24, 2.45) is 5.73 Å². The van der Waals surface area contributed by atoms with Gasteiger partial charge in [-0.05, 0) is 42.8 Å². The number of halogens is 1. The first-order valence-electron chi connectivity index (χ1n) is 9.79. The fourth-order valence-electron chi connectivity index (χ4n) is 3.37. The summed E-state index contributed by atoms with van der Waals surface area (Å²) in [6.07, 6.45) is 0.0891. The second-order valence-electron chi connectivity index (χ2n) is 7.23. The zero-order chi connectivity index (χ0) is 22.0. The van der Waals surface area contributed by atoms with Gasteiger partial charge in [0.25, 0.3) is 5.91 Å². The number of primary amides is 1. The number of aryl methyl sites for hydroxylation is 1. The SMILES string of the molecule is Cc1nn(-c2ccc(F)cc2)c2sc(C(=O)N(CCC(N)=O)Cc3ccccc3)cc12. The molecule has 0 bridgehead atoms. The molecule has 0 saturated heterocycles. The number of thiophene rings is 1. The number of aromatic nitrogens is 2. The van der Waals surface area contributed by atoms with Gasteiger partial charge >= 0.3 is 0 Å². The van der Waals surface area contributed by atoms with Crippen LogP contribution >= 0.6 is 11.3 Å². The van der Waals surface area contributed by atoms with E-state index >= 15 is 0 Å². The van der Waals surface area contributed by atoms with Gasteiger partial charge in [0, 0.05) is 24.9 Å². The lowest BCUT2D eigenvalue weighted by Crippen LogP contribution is -2.33. The van der Waals surface area contributed by atoms with Crippen molar-refractivity contribution < 1.29 is 14.0 Å². The van der Waals surface area contributed by atoms with Gasteiger partial charge in [0.15, 0.2) is 0 Å². The Morgan fingerprint density at radius 1 is 1.13 bits per heavy atom. The number of nitrogens with zero attached hydrogens (tertiary/aromatic N) is 3. The maximum absolute atomic E-state index is 13.3. The first kappa shape index (κ1) is 20.7. The van der Waals surface area contributed by atoms with E-state index in [0.29, 0.717) is 11.4 Å². The first-order chi connectivity index (χ1) is 14.9. The summed E-state index contributed by atoms with van der Waals surface area (Å²) >= 11 is 1.32. The summed E-state index contributed by atoms with van der Waals surface area (Å²) in [6.45, 7) is 2.49. The molecular weight excluding hydrogens is 415 g/mol. The summed E-state index contributed by atoms with van der Waals surface area (Å²) in [6, 6.07) is 17.5. The Morgan fingerprint density at radius 3 is 2.52 bits per heavy atom. The predicted molar refractivity (Wildman–Crippen MR) is 119 cm³/mol. The molecule has 0 spiro atoms. The highest BCUT2D eigenvalue weighted by atomic mass is 32.1. The average molecular weight is 437 g/mol. The van der Waals surface area contributed by atoms with Crippen molar-refractivity contribution in [3.05, 3.63) is 82.6 Å². The Balaban J connectivity index is 1.68. The van der Waals surface area contributed by atoms with Crippen molar-refractivity contribution in [1.82, 2.24) is 14.7 Å². The van der Waals surface area contributed by atoms with E-state index in [1.165, 1.54) is 23.5 Å². The lowest BCUT2D eigenvalue weighted by Gasteiger charge is -2.21. The monoisotopic (exact) mass is 436 g/mol. The number of fused-ring (bicyclic) bond motifs is 1. The van der Waals surface area contributed by atoms with E-state index in [4.69, 9.17) is 5.73 Å². The molecule has 2 aromatic heterocycles. The summed E-state index contributed by atoms with van der Waals surface area (Å²) in [4.78, 5) is 27.7. The Morgan fingerprint density at radius 2 is 1.84 bits per heavy atom. The average Bonchev–Trinajstić information content (AvgIpc) is 3.32. The highest BCUT2D eigenvalue weighted by molar-refractivity contribution is 7.20. The highest BCUT2D eigenvalue weighted by Crippen LogP contribution is 2.31. The molecule has 4 aromatic rings. The quantitative estimate of drug-likeness (QED) is 0.475. The number of hydrogen-bond acceptors (Lipinski definition) is 4. The van der Waals surface area contributed by atoms with Crippen LogP contribution in [0.15, 0.2) is 60.7 Å². The second-order valence-corrected chi connectivity index (χ2v) is 8.26. The molecule has 31 heavy (non-hydrogen) atoms. The van der Waals surface area contributed by atoms with Gasteiger partial charge in [0.1, 0.15) is 10.6 Å². The highest BCUT2D eigenvalue weighted by Gasteiger charge is 2.22. The first-order valence-corrected chi connectivity index (χ1v) is 10.6. The molecule has 0 unspecified atom stereocenters. The topological polar surface area (TPSA) is 81.2 Å². The van der Waals surface area contributed by atoms with Crippen molar-refractivity contribution >= 4 is 33.4 Å². The number of rotatable bonds is 7. The van der Waals surface area contributed by atoms with Gasteiger partial charge in [-0.25, -0.2) is 9.07 Å². The molecule has 2 aromatic carbocycles.